The van der Waals surface area contributed by atoms with E-state index in [2.05, 4.69) is 15.6 Å². The van der Waals surface area contributed by atoms with Gasteiger partial charge in [-0.05, 0) is 42.2 Å². The van der Waals surface area contributed by atoms with E-state index in [1.807, 2.05) is 47.5 Å². The molecule has 138 valence electrons. The number of hydrogen-bond donors (Lipinski definition) is 0. The third-order valence-corrected chi connectivity index (χ3v) is 5.85. The highest BCUT2D eigenvalue weighted by Gasteiger charge is 2.43. The predicted octanol–water partition coefficient (Wildman–Crippen LogP) is 3.75. The molecular weight excluding hydrogens is 352 g/mol. The second-order valence-corrected chi connectivity index (χ2v) is 7.59. The van der Waals surface area contributed by atoms with Gasteiger partial charge in [-0.3, -0.25) is 4.79 Å². The molecule has 4 heterocycles. The largest absolute Gasteiger partial charge is 0.445 e. The summed E-state index contributed by atoms with van der Waals surface area (Å²) in [7, 11) is 0. The summed E-state index contributed by atoms with van der Waals surface area (Å²) in [6.07, 6.45) is 8.41. The number of nitrogens with zero attached hydrogens (tertiary/aromatic N) is 4. The van der Waals surface area contributed by atoms with E-state index in [4.69, 9.17) is 9.40 Å². The summed E-state index contributed by atoms with van der Waals surface area (Å²) in [6, 6.07) is 11.8. The Morgan fingerprint density at radius 2 is 2.07 bits per heavy atom. The van der Waals surface area contributed by atoms with Gasteiger partial charge in [0.15, 0.2) is 0 Å². The number of imidazole rings is 1. The van der Waals surface area contributed by atoms with E-state index in [0.29, 0.717) is 24.3 Å². The van der Waals surface area contributed by atoms with Gasteiger partial charge in [0.2, 0.25) is 5.89 Å². The lowest BCUT2D eigenvalue weighted by Crippen LogP contribution is -2.26. The maximum absolute atomic E-state index is 12.9. The fourth-order valence-corrected chi connectivity index (χ4v) is 4.32. The van der Waals surface area contributed by atoms with Crippen molar-refractivity contribution in [1.82, 2.24) is 19.3 Å². The minimum Gasteiger partial charge on any atom is -0.445 e. The first-order valence-corrected chi connectivity index (χ1v) is 9.52. The summed E-state index contributed by atoms with van der Waals surface area (Å²) >= 11 is 0. The molecule has 28 heavy (non-hydrogen) atoms. The van der Waals surface area contributed by atoms with Crippen LogP contribution in [0.1, 0.15) is 34.0 Å². The average molecular weight is 370 g/mol. The van der Waals surface area contributed by atoms with Crippen LogP contribution in [0.3, 0.4) is 0 Å². The third kappa shape index (κ3) is 2.37. The second-order valence-electron chi connectivity index (χ2n) is 7.59. The second kappa shape index (κ2) is 5.79. The van der Waals surface area contributed by atoms with E-state index >= 15 is 0 Å². The predicted molar refractivity (Wildman–Crippen MR) is 103 cm³/mol. The number of carbonyl (C=O) groups excluding carboxylic acids is 1. The summed E-state index contributed by atoms with van der Waals surface area (Å²) in [4.78, 5) is 23.9. The number of oxazole rings is 1. The van der Waals surface area contributed by atoms with Crippen LogP contribution >= 0.6 is 0 Å². The summed E-state index contributed by atoms with van der Waals surface area (Å²) in [6.45, 7) is 1.37. The number of hydrogen-bond acceptors (Lipinski definition) is 4. The molecule has 0 saturated heterocycles. The molecule has 1 aromatic carbocycles. The van der Waals surface area contributed by atoms with Gasteiger partial charge in [0.1, 0.15) is 11.9 Å². The van der Waals surface area contributed by atoms with Crippen molar-refractivity contribution in [2.45, 2.75) is 18.9 Å². The normalized spacial score (nSPS) is 20.7. The molecule has 1 unspecified atom stereocenters. The Bertz CT molecular complexity index is 1160. The Balaban J connectivity index is 1.22. The molecule has 1 fully saturated rings. The first-order valence-electron chi connectivity index (χ1n) is 9.52. The van der Waals surface area contributed by atoms with Crippen LogP contribution in [0.5, 0.6) is 0 Å². The number of fused-ring (bicyclic) bond motifs is 2. The number of carbonyl (C=O) groups is 1. The highest BCUT2D eigenvalue weighted by atomic mass is 16.3. The van der Waals surface area contributed by atoms with Crippen LogP contribution in [0.2, 0.25) is 0 Å². The van der Waals surface area contributed by atoms with Crippen LogP contribution in [0.25, 0.3) is 17.1 Å². The molecule has 0 spiro atoms. The van der Waals surface area contributed by atoms with Gasteiger partial charge >= 0.3 is 0 Å². The monoisotopic (exact) mass is 370 g/mol. The maximum atomic E-state index is 12.9. The van der Waals surface area contributed by atoms with Crippen LogP contribution in [0.4, 0.5) is 0 Å². The first-order chi connectivity index (χ1) is 13.8. The molecule has 0 N–H and O–H groups in total. The number of aromatic nitrogens is 3. The van der Waals surface area contributed by atoms with Crippen LogP contribution in [0.15, 0.2) is 65.7 Å². The van der Waals surface area contributed by atoms with Crippen molar-refractivity contribution in [2.75, 3.05) is 6.54 Å². The van der Waals surface area contributed by atoms with E-state index in [0.717, 1.165) is 41.0 Å². The average Bonchev–Trinajstić information content (AvgIpc) is 3.08. The topological polar surface area (TPSA) is 63.6 Å². The number of benzene rings is 1. The quantitative estimate of drug-likeness (QED) is 0.549. The van der Waals surface area contributed by atoms with Crippen molar-refractivity contribution in [3.63, 3.8) is 0 Å². The minimum absolute atomic E-state index is 0.101. The SMILES string of the molecule is O=C1c2cccc(-c3ncco3)c2CN1C[C@@H]1CC1c1cn2ccccc2n1. The van der Waals surface area contributed by atoms with Gasteiger partial charge in [0.05, 0.1) is 11.9 Å². The van der Waals surface area contributed by atoms with Gasteiger partial charge in [-0.2, -0.15) is 0 Å². The molecule has 3 aromatic heterocycles. The molecule has 0 bridgehead atoms. The Hall–Kier alpha value is -3.41. The molecule has 6 rings (SSSR count). The van der Waals surface area contributed by atoms with Crippen LogP contribution in [-0.4, -0.2) is 31.7 Å². The van der Waals surface area contributed by atoms with Gasteiger partial charge in [-0.1, -0.05) is 12.1 Å². The van der Waals surface area contributed by atoms with Crippen molar-refractivity contribution >= 4 is 11.6 Å². The summed E-state index contributed by atoms with van der Waals surface area (Å²) < 4.78 is 7.52. The molecule has 1 amide bonds. The van der Waals surface area contributed by atoms with Gasteiger partial charge in [-0.15, -0.1) is 0 Å². The fraction of sp³-hybridized carbons (Fsp3) is 0.227. The molecule has 6 heteroatoms. The van der Waals surface area contributed by atoms with Crippen molar-refractivity contribution < 1.29 is 9.21 Å². The van der Waals surface area contributed by atoms with Crippen molar-refractivity contribution in [2.24, 2.45) is 5.92 Å². The summed E-state index contributed by atoms with van der Waals surface area (Å²) in [5.41, 5.74) is 4.79. The lowest BCUT2D eigenvalue weighted by atomic mass is 10.0. The van der Waals surface area contributed by atoms with Gasteiger partial charge in [-0.25, -0.2) is 9.97 Å². The van der Waals surface area contributed by atoms with Crippen LogP contribution in [-0.2, 0) is 6.54 Å². The number of amides is 1. The molecular formula is C22H18N4O2. The van der Waals surface area contributed by atoms with Gasteiger partial charge in [0.25, 0.3) is 5.91 Å². The van der Waals surface area contributed by atoms with E-state index in [1.165, 1.54) is 0 Å². The van der Waals surface area contributed by atoms with E-state index < -0.39 is 0 Å². The van der Waals surface area contributed by atoms with Crippen molar-refractivity contribution in [3.05, 3.63) is 78.1 Å². The Morgan fingerprint density at radius 3 is 2.93 bits per heavy atom. The summed E-state index contributed by atoms with van der Waals surface area (Å²) in [5.74, 6) is 1.57. The highest BCUT2D eigenvalue weighted by molar-refractivity contribution is 6.00. The zero-order valence-electron chi connectivity index (χ0n) is 15.2. The van der Waals surface area contributed by atoms with E-state index in [9.17, 15) is 4.79 Å². The van der Waals surface area contributed by atoms with Crippen molar-refractivity contribution in [1.29, 1.82) is 0 Å². The molecule has 1 aliphatic carbocycles. The smallest absolute Gasteiger partial charge is 0.254 e. The van der Waals surface area contributed by atoms with Crippen LogP contribution in [0, 0.1) is 5.92 Å². The highest BCUT2D eigenvalue weighted by Crippen LogP contribution is 2.48. The molecule has 0 radical (unpaired) electrons. The lowest BCUT2D eigenvalue weighted by Gasteiger charge is -2.15. The summed E-state index contributed by atoms with van der Waals surface area (Å²) in [5, 5.41) is 0. The molecule has 2 aliphatic rings. The third-order valence-electron chi connectivity index (χ3n) is 5.85. The Kier molecular flexibility index (Phi) is 3.23. The standard InChI is InChI=1S/C22H18N4O2/c27-22-16-5-3-4-15(21-23-7-9-28-21)18(16)12-26(22)11-14-10-17(14)19-13-25-8-2-1-6-20(25)24-19/h1-9,13-14,17H,10-12H2/t14-,17?/m0/s1. The first kappa shape index (κ1) is 15.6. The fourth-order valence-electron chi connectivity index (χ4n) is 4.32. The van der Waals surface area contributed by atoms with Crippen molar-refractivity contribution in [3.8, 4) is 11.5 Å². The molecule has 1 saturated carbocycles. The lowest BCUT2D eigenvalue weighted by molar-refractivity contribution is 0.0770. The zero-order valence-corrected chi connectivity index (χ0v) is 15.2. The Morgan fingerprint density at radius 1 is 1.14 bits per heavy atom. The maximum Gasteiger partial charge on any atom is 0.254 e. The van der Waals surface area contributed by atoms with E-state index in [1.54, 1.807) is 12.5 Å². The Labute approximate surface area is 161 Å². The van der Waals surface area contributed by atoms with E-state index in [-0.39, 0.29) is 5.91 Å². The van der Waals surface area contributed by atoms with Crippen LogP contribution < -0.4 is 0 Å². The molecule has 2 atom stereocenters. The molecule has 6 nitrogen and oxygen atoms in total. The van der Waals surface area contributed by atoms with Gasteiger partial charge in [0, 0.05) is 42.5 Å². The number of rotatable bonds is 4. The zero-order chi connectivity index (χ0) is 18.7. The molecule has 1 aliphatic heterocycles. The molecule has 4 aromatic rings. The minimum atomic E-state index is 0.101. The van der Waals surface area contributed by atoms with Gasteiger partial charge < -0.3 is 13.7 Å². The number of pyridine rings is 1.